The van der Waals surface area contributed by atoms with Crippen molar-refractivity contribution in [2.75, 3.05) is 38.3 Å². The molecule has 3 nitrogen and oxygen atoms in total. The molecule has 0 aromatic rings. The van der Waals surface area contributed by atoms with E-state index in [4.69, 9.17) is 10.5 Å². The molecule has 88 valence electrons. The number of likely N-dealkylation sites (N-methyl/N-ethyl adjacent to an activating group) is 1. The highest BCUT2D eigenvalue weighted by Gasteiger charge is 2.39. The maximum Gasteiger partial charge on any atom is 0.0622 e. The fourth-order valence-electron chi connectivity index (χ4n) is 2.64. The van der Waals surface area contributed by atoms with Crippen molar-refractivity contribution in [2.45, 2.75) is 30.8 Å². The van der Waals surface area contributed by atoms with Gasteiger partial charge in [-0.05, 0) is 32.1 Å². The van der Waals surface area contributed by atoms with Crippen molar-refractivity contribution < 1.29 is 4.74 Å². The lowest BCUT2D eigenvalue weighted by atomic mass is 9.92. The Balaban J connectivity index is 2.02. The molecular formula is C11H22N2OS. The topological polar surface area (TPSA) is 38.5 Å². The van der Waals surface area contributed by atoms with Gasteiger partial charge in [0.2, 0.25) is 0 Å². The van der Waals surface area contributed by atoms with Crippen LogP contribution in [0.3, 0.4) is 0 Å². The zero-order valence-corrected chi connectivity index (χ0v) is 10.4. The molecule has 0 saturated carbocycles. The Morgan fingerprint density at radius 2 is 2.47 bits per heavy atom. The predicted octanol–water partition coefficient (Wildman–Crippen LogP) is 0.932. The highest BCUT2D eigenvalue weighted by molar-refractivity contribution is 7.99. The molecule has 2 rings (SSSR count). The summed E-state index contributed by atoms with van der Waals surface area (Å²) >= 11 is 2.05. The summed E-state index contributed by atoms with van der Waals surface area (Å²) in [7, 11) is 2.23. The first-order valence-corrected chi connectivity index (χ1v) is 7.02. The molecule has 0 radical (unpaired) electrons. The molecular weight excluding hydrogens is 208 g/mol. The summed E-state index contributed by atoms with van der Waals surface area (Å²) in [5.74, 6) is 2.49. The highest BCUT2D eigenvalue weighted by atomic mass is 32.2. The second-order valence-corrected chi connectivity index (χ2v) is 5.82. The van der Waals surface area contributed by atoms with E-state index in [0.29, 0.717) is 6.04 Å². The molecule has 2 unspecified atom stereocenters. The maximum atomic E-state index is 6.01. The number of rotatable bonds is 3. The van der Waals surface area contributed by atoms with Crippen LogP contribution in [-0.4, -0.2) is 54.8 Å². The molecule has 0 aromatic carbocycles. The van der Waals surface area contributed by atoms with E-state index in [1.807, 2.05) is 0 Å². The molecule has 2 aliphatic heterocycles. The molecule has 2 atom stereocenters. The lowest BCUT2D eigenvalue weighted by molar-refractivity contribution is 0.0731. The van der Waals surface area contributed by atoms with E-state index in [1.54, 1.807) is 0 Å². The summed E-state index contributed by atoms with van der Waals surface area (Å²) in [5.41, 5.74) is 6.25. The van der Waals surface area contributed by atoms with Crippen LogP contribution in [0, 0.1) is 0 Å². The van der Waals surface area contributed by atoms with Gasteiger partial charge in [-0.2, -0.15) is 11.8 Å². The smallest absolute Gasteiger partial charge is 0.0622 e. The summed E-state index contributed by atoms with van der Waals surface area (Å²) in [4.78, 5) is 2.51. The van der Waals surface area contributed by atoms with Crippen LogP contribution < -0.4 is 5.73 Å². The summed E-state index contributed by atoms with van der Waals surface area (Å²) in [6, 6.07) is 0.590. The second-order valence-electron chi connectivity index (χ2n) is 4.71. The molecule has 2 fully saturated rings. The molecule has 15 heavy (non-hydrogen) atoms. The Morgan fingerprint density at radius 1 is 1.60 bits per heavy atom. The number of thioether (sulfide) groups is 1. The molecule has 4 heteroatoms. The average Bonchev–Trinajstić information content (AvgIpc) is 2.82. The summed E-state index contributed by atoms with van der Waals surface area (Å²) in [6.07, 6.45) is 3.73. The number of nitrogens with zero attached hydrogens (tertiary/aromatic N) is 1. The van der Waals surface area contributed by atoms with E-state index in [0.717, 1.165) is 19.8 Å². The Kier molecular flexibility index (Phi) is 3.93. The normalized spacial score (nSPS) is 37.4. The standard InChI is InChI=1S/C11H22N2OS/c1-13(10-3-5-14-7-10)11(8-12)4-2-6-15-9-11/h10H,2-9,12H2,1H3. The molecule has 2 heterocycles. The minimum absolute atomic E-state index is 0.237. The lowest BCUT2D eigenvalue weighted by Crippen LogP contribution is -2.59. The van der Waals surface area contributed by atoms with E-state index < -0.39 is 0 Å². The van der Waals surface area contributed by atoms with Crippen molar-refractivity contribution in [2.24, 2.45) is 5.73 Å². The predicted molar refractivity (Wildman–Crippen MR) is 65.3 cm³/mol. The van der Waals surface area contributed by atoms with Crippen LogP contribution in [-0.2, 0) is 4.74 Å². The van der Waals surface area contributed by atoms with Crippen molar-refractivity contribution in [1.82, 2.24) is 4.90 Å². The highest BCUT2D eigenvalue weighted by Crippen LogP contribution is 2.33. The van der Waals surface area contributed by atoms with Crippen LogP contribution in [0.4, 0.5) is 0 Å². The largest absolute Gasteiger partial charge is 0.380 e. The number of ether oxygens (including phenoxy) is 1. The fraction of sp³-hybridized carbons (Fsp3) is 1.00. The molecule has 2 aliphatic rings. The number of hydrogen-bond acceptors (Lipinski definition) is 4. The average molecular weight is 230 g/mol. The van der Waals surface area contributed by atoms with Crippen molar-refractivity contribution in [3.05, 3.63) is 0 Å². The molecule has 2 N–H and O–H groups in total. The SMILES string of the molecule is CN(C1CCOC1)C1(CN)CCCSC1. The summed E-state index contributed by atoms with van der Waals surface area (Å²) in [5, 5.41) is 0. The van der Waals surface area contributed by atoms with Crippen LogP contribution in [0.1, 0.15) is 19.3 Å². The molecule has 0 aliphatic carbocycles. The van der Waals surface area contributed by atoms with Crippen molar-refractivity contribution in [3.63, 3.8) is 0 Å². The quantitative estimate of drug-likeness (QED) is 0.783. The second kappa shape index (κ2) is 5.04. The van der Waals surface area contributed by atoms with Gasteiger partial charge in [-0.25, -0.2) is 0 Å². The molecule has 0 bridgehead atoms. The molecule has 0 spiro atoms. The zero-order valence-electron chi connectivity index (χ0n) is 9.58. The third kappa shape index (κ3) is 2.33. The van der Waals surface area contributed by atoms with Gasteiger partial charge in [0.25, 0.3) is 0 Å². The van der Waals surface area contributed by atoms with Gasteiger partial charge in [-0.1, -0.05) is 0 Å². The van der Waals surface area contributed by atoms with E-state index in [9.17, 15) is 0 Å². The first kappa shape index (κ1) is 11.7. The summed E-state index contributed by atoms with van der Waals surface area (Å²) < 4.78 is 5.47. The van der Waals surface area contributed by atoms with Gasteiger partial charge in [-0.3, -0.25) is 4.90 Å². The van der Waals surface area contributed by atoms with Crippen LogP contribution in [0.5, 0.6) is 0 Å². The Hall–Kier alpha value is 0.230. The first-order chi connectivity index (χ1) is 7.28. The van der Waals surface area contributed by atoms with Crippen LogP contribution in [0.2, 0.25) is 0 Å². The van der Waals surface area contributed by atoms with Crippen molar-refractivity contribution in [1.29, 1.82) is 0 Å². The number of hydrogen-bond donors (Lipinski definition) is 1. The summed E-state index contributed by atoms with van der Waals surface area (Å²) in [6.45, 7) is 2.60. The van der Waals surface area contributed by atoms with Gasteiger partial charge in [0, 0.05) is 30.5 Å². The zero-order chi connectivity index (χ0) is 10.7. The Labute approximate surface area is 96.7 Å². The Morgan fingerprint density at radius 3 is 3.00 bits per heavy atom. The Bertz CT molecular complexity index is 201. The fourth-order valence-corrected chi connectivity index (χ4v) is 3.97. The van der Waals surface area contributed by atoms with E-state index in [-0.39, 0.29) is 5.54 Å². The minimum atomic E-state index is 0.237. The van der Waals surface area contributed by atoms with Gasteiger partial charge in [-0.15, -0.1) is 0 Å². The van der Waals surface area contributed by atoms with Gasteiger partial charge in [0.15, 0.2) is 0 Å². The number of nitrogens with two attached hydrogens (primary N) is 1. The third-order valence-corrected chi connectivity index (χ3v) is 5.20. The maximum absolute atomic E-state index is 6.01. The van der Waals surface area contributed by atoms with Crippen LogP contribution in [0.15, 0.2) is 0 Å². The monoisotopic (exact) mass is 230 g/mol. The van der Waals surface area contributed by atoms with E-state index >= 15 is 0 Å². The van der Waals surface area contributed by atoms with Crippen molar-refractivity contribution >= 4 is 11.8 Å². The van der Waals surface area contributed by atoms with E-state index in [2.05, 4.69) is 23.7 Å². The molecule has 0 amide bonds. The molecule has 0 aromatic heterocycles. The van der Waals surface area contributed by atoms with Crippen LogP contribution in [0.25, 0.3) is 0 Å². The van der Waals surface area contributed by atoms with Crippen molar-refractivity contribution in [3.8, 4) is 0 Å². The van der Waals surface area contributed by atoms with Gasteiger partial charge in [0.1, 0.15) is 0 Å². The minimum Gasteiger partial charge on any atom is -0.380 e. The van der Waals surface area contributed by atoms with Gasteiger partial charge < -0.3 is 10.5 Å². The molecule has 2 saturated heterocycles. The van der Waals surface area contributed by atoms with E-state index in [1.165, 1.54) is 30.8 Å². The third-order valence-electron chi connectivity index (χ3n) is 3.88. The van der Waals surface area contributed by atoms with Gasteiger partial charge in [0.05, 0.1) is 6.61 Å². The van der Waals surface area contributed by atoms with Gasteiger partial charge >= 0.3 is 0 Å². The lowest BCUT2D eigenvalue weighted by Gasteiger charge is -2.46. The first-order valence-electron chi connectivity index (χ1n) is 5.87. The van der Waals surface area contributed by atoms with Crippen LogP contribution >= 0.6 is 11.8 Å².